The Morgan fingerprint density at radius 3 is 2.55 bits per heavy atom. The van der Waals surface area contributed by atoms with Crippen molar-refractivity contribution in [2.45, 2.75) is 18.7 Å². The van der Waals surface area contributed by atoms with E-state index in [0.29, 0.717) is 0 Å². The molecule has 1 atom stereocenters. The van der Waals surface area contributed by atoms with Gasteiger partial charge in [0.25, 0.3) is 0 Å². The fraction of sp³-hybridized carbons (Fsp3) is 0.417. The summed E-state index contributed by atoms with van der Waals surface area (Å²) in [5.41, 5.74) is -2.55. The Morgan fingerprint density at radius 2 is 2.05 bits per heavy atom. The quantitative estimate of drug-likeness (QED) is 0.815. The highest BCUT2D eigenvalue weighted by Crippen LogP contribution is 2.36. The van der Waals surface area contributed by atoms with Gasteiger partial charge in [-0.1, -0.05) is 15.9 Å². The number of halogens is 4. The number of ether oxygens (including phenoxy) is 1. The maximum absolute atomic E-state index is 12.7. The normalized spacial score (nSPS) is 14.6. The molecule has 1 aromatic rings. The van der Waals surface area contributed by atoms with Crippen molar-refractivity contribution in [2.75, 3.05) is 19.0 Å². The van der Waals surface area contributed by atoms with E-state index in [1.807, 2.05) is 0 Å². The lowest BCUT2D eigenvalue weighted by Gasteiger charge is -2.21. The molecule has 20 heavy (non-hydrogen) atoms. The number of anilines is 1. The van der Waals surface area contributed by atoms with Crippen LogP contribution in [0.5, 0.6) is 0 Å². The van der Waals surface area contributed by atoms with Gasteiger partial charge in [-0.25, -0.2) is 4.79 Å². The van der Waals surface area contributed by atoms with E-state index >= 15 is 0 Å². The Bertz CT molecular complexity index is 503. The summed E-state index contributed by atoms with van der Waals surface area (Å²) >= 11 is 2.82. The minimum atomic E-state index is -4.50. The first-order valence-electron chi connectivity index (χ1n) is 5.49. The zero-order valence-electron chi connectivity index (χ0n) is 10.7. The van der Waals surface area contributed by atoms with Crippen LogP contribution in [-0.4, -0.2) is 30.3 Å². The Kier molecular flexibility index (Phi) is 5.04. The highest BCUT2D eigenvalue weighted by molar-refractivity contribution is 9.10. The molecule has 0 aliphatic heterocycles. The minimum absolute atomic E-state index is 0.0877. The van der Waals surface area contributed by atoms with E-state index in [9.17, 15) is 23.1 Å². The molecule has 0 aromatic heterocycles. The molecule has 112 valence electrons. The zero-order valence-corrected chi connectivity index (χ0v) is 12.3. The van der Waals surface area contributed by atoms with Gasteiger partial charge in [-0.15, -0.1) is 0 Å². The van der Waals surface area contributed by atoms with Gasteiger partial charge in [0.1, 0.15) is 0 Å². The smallest absolute Gasteiger partial charge is 0.417 e. The van der Waals surface area contributed by atoms with Crippen molar-refractivity contribution >= 4 is 27.6 Å². The number of aliphatic hydroxyl groups is 1. The van der Waals surface area contributed by atoms with Crippen LogP contribution < -0.4 is 5.32 Å². The fourth-order valence-electron chi connectivity index (χ4n) is 1.42. The number of carbonyl (C=O) groups is 1. The van der Waals surface area contributed by atoms with Gasteiger partial charge in [0.15, 0.2) is 5.60 Å². The van der Waals surface area contributed by atoms with Gasteiger partial charge in [0.2, 0.25) is 0 Å². The third-order valence-electron chi connectivity index (χ3n) is 2.53. The zero-order chi connectivity index (χ0) is 15.6. The number of benzene rings is 1. The van der Waals surface area contributed by atoms with Crippen LogP contribution in [0.1, 0.15) is 12.5 Å². The Labute approximate surface area is 122 Å². The SMILES string of the molecule is COC(=O)C(C)(O)CNc1ccc(Br)c(C(F)(F)F)c1. The molecular weight excluding hydrogens is 343 g/mol. The number of nitrogens with one attached hydrogen (secondary N) is 1. The maximum atomic E-state index is 12.7. The molecule has 0 aliphatic carbocycles. The molecule has 0 amide bonds. The number of alkyl halides is 3. The van der Waals surface area contributed by atoms with E-state index in [1.165, 1.54) is 19.1 Å². The largest absolute Gasteiger partial charge is 0.467 e. The monoisotopic (exact) mass is 355 g/mol. The van der Waals surface area contributed by atoms with E-state index < -0.39 is 23.3 Å². The topological polar surface area (TPSA) is 58.6 Å². The first kappa shape index (κ1) is 16.8. The number of methoxy groups -OCH3 is 1. The predicted molar refractivity (Wildman–Crippen MR) is 70.3 cm³/mol. The highest BCUT2D eigenvalue weighted by atomic mass is 79.9. The average Bonchev–Trinajstić information content (AvgIpc) is 2.35. The second-order valence-electron chi connectivity index (χ2n) is 4.31. The van der Waals surface area contributed by atoms with Crippen molar-refractivity contribution in [3.63, 3.8) is 0 Å². The molecule has 8 heteroatoms. The van der Waals surface area contributed by atoms with Gasteiger partial charge < -0.3 is 15.2 Å². The summed E-state index contributed by atoms with van der Waals surface area (Å²) < 4.78 is 42.4. The van der Waals surface area contributed by atoms with Gasteiger partial charge >= 0.3 is 12.1 Å². The van der Waals surface area contributed by atoms with Crippen LogP contribution in [-0.2, 0) is 15.7 Å². The van der Waals surface area contributed by atoms with Crippen molar-refractivity contribution < 1.29 is 27.8 Å². The molecule has 0 saturated heterocycles. The van der Waals surface area contributed by atoms with Crippen molar-refractivity contribution in [1.82, 2.24) is 0 Å². The van der Waals surface area contributed by atoms with Crippen molar-refractivity contribution in [3.8, 4) is 0 Å². The summed E-state index contributed by atoms with van der Waals surface area (Å²) in [4.78, 5) is 11.2. The van der Waals surface area contributed by atoms with E-state index in [0.717, 1.165) is 13.2 Å². The second-order valence-corrected chi connectivity index (χ2v) is 5.17. The molecule has 0 bridgehead atoms. The lowest BCUT2D eigenvalue weighted by molar-refractivity contribution is -0.158. The molecule has 0 heterocycles. The maximum Gasteiger partial charge on any atom is 0.417 e. The number of hydrogen-bond donors (Lipinski definition) is 2. The van der Waals surface area contributed by atoms with Crippen LogP contribution in [0.4, 0.5) is 18.9 Å². The molecule has 1 aromatic carbocycles. The van der Waals surface area contributed by atoms with Crippen LogP contribution in [0.15, 0.2) is 22.7 Å². The lowest BCUT2D eigenvalue weighted by Crippen LogP contribution is -2.42. The van der Waals surface area contributed by atoms with Crippen LogP contribution >= 0.6 is 15.9 Å². The van der Waals surface area contributed by atoms with Gasteiger partial charge in [-0.3, -0.25) is 0 Å². The summed E-state index contributed by atoms with van der Waals surface area (Å²) in [5.74, 6) is -0.877. The van der Waals surface area contributed by atoms with Gasteiger partial charge in [-0.05, 0) is 25.1 Å². The van der Waals surface area contributed by atoms with E-state index in [2.05, 4.69) is 26.0 Å². The number of esters is 1. The first-order valence-corrected chi connectivity index (χ1v) is 6.28. The average molecular weight is 356 g/mol. The van der Waals surface area contributed by atoms with E-state index in [-0.39, 0.29) is 16.7 Å². The van der Waals surface area contributed by atoms with Crippen molar-refractivity contribution in [3.05, 3.63) is 28.2 Å². The molecule has 1 unspecified atom stereocenters. The van der Waals surface area contributed by atoms with E-state index in [4.69, 9.17) is 0 Å². The molecule has 0 spiro atoms. The summed E-state index contributed by atoms with van der Waals surface area (Å²) in [5, 5.41) is 12.3. The Morgan fingerprint density at radius 1 is 1.45 bits per heavy atom. The summed E-state index contributed by atoms with van der Waals surface area (Å²) in [6.45, 7) is 0.925. The molecular formula is C12H13BrF3NO3. The number of rotatable bonds is 4. The molecule has 0 aliphatic rings. The molecule has 0 fully saturated rings. The van der Waals surface area contributed by atoms with Crippen molar-refractivity contribution in [1.29, 1.82) is 0 Å². The third kappa shape index (κ3) is 4.11. The van der Waals surface area contributed by atoms with E-state index in [1.54, 1.807) is 0 Å². The van der Waals surface area contributed by atoms with Gasteiger partial charge in [0, 0.05) is 10.2 Å². The summed E-state index contributed by atoms with van der Waals surface area (Å²) in [6, 6.07) is 3.52. The standard InChI is InChI=1S/C12H13BrF3NO3/c1-11(19,10(18)20-2)6-17-7-3-4-9(13)8(5-7)12(14,15)16/h3-5,17,19H,6H2,1-2H3. The third-order valence-corrected chi connectivity index (χ3v) is 3.23. The van der Waals surface area contributed by atoms with Crippen LogP contribution in [0.25, 0.3) is 0 Å². The van der Waals surface area contributed by atoms with Crippen LogP contribution in [0.2, 0.25) is 0 Å². The first-order chi connectivity index (χ1) is 9.08. The second kappa shape index (κ2) is 6.01. The van der Waals surface area contributed by atoms with Crippen LogP contribution in [0.3, 0.4) is 0 Å². The number of carbonyl (C=O) groups excluding carboxylic acids is 1. The molecule has 1 rings (SSSR count). The molecule has 4 nitrogen and oxygen atoms in total. The van der Waals surface area contributed by atoms with Gasteiger partial charge in [0.05, 0.1) is 19.2 Å². The highest BCUT2D eigenvalue weighted by Gasteiger charge is 2.34. The predicted octanol–water partition coefficient (Wildman–Crippen LogP) is 2.80. The fourth-order valence-corrected chi connectivity index (χ4v) is 1.89. The molecule has 0 saturated carbocycles. The number of hydrogen-bond acceptors (Lipinski definition) is 4. The molecule has 0 radical (unpaired) electrons. The lowest BCUT2D eigenvalue weighted by atomic mass is 10.1. The molecule has 2 N–H and O–H groups in total. The minimum Gasteiger partial charge on any atom is -0.467 e. The Balaban J connectivity index is 2.88. The summed E-state index contributed by atoms with van der Waals surface area (Å²) in [7, 11) is 1.11. The van der Waals surface area contributed by atoms with Gasteiger partial charge in [-0.2, -0.15) is 13.2 Å². The van der Waals surface area contributed by atoms with Crippen LogP contribution in [0, 0.1) is 0 Å². The Hall–Kier alpha value is -1.28. The van der Waals surface area contributed by atoms with Crippen molar-refractivity contribution in [2.24, 2.45) is 0 Å². The summed E-state index contributed by atoms with van der Waals surface area (Å²) in [6.07, 6.45) is -4.50.